The summed E-state index contributed by atoms with van der Waals surface area (Å²) in [5.74, 6) is 3.84. The van der Waals surface area contributed by atoms with E-state index in [0.717, 1.165) is 110 Å². The van der Waals surface area contributed by atoms with E-state index in [1.54, 1.807) is 28.3 Å². The Hall–Kier alpha value is -2.80. The highest BCUT2D eigenvalue weighted by molar-refractivity contribution is 9.10. The number of carbonyl (C=O) groups is 2. The van der Waals surface area contributed by atoms with Gasteiger partial charge in [0.05, 0.1) is 56.7 Å². The average molecular weight is 1070 g/mol. The van der Waals surface area contributed by atoms with Crippen LogP contribution in [0.1, 0.15) is 119 Å². The molecular weight excluding hydrogens is 992 g/mol. The largest absolute Gasteiger partial charge is 0.474 e. The fourth-order valence-corrected chi connectivity index (χ4v) is 9.23. The summed E-state index contributed by atoms with van der Waals surface area (Å²) in [5, 5.41) is 9.23. The molecule has 8 rings (SSSR count). The molecule has 0 spiro atoms. The third-order valence-corrected chi connectivity index (χ3v) is 14.0. The molecule has 4 aliphatic carbocycles. The predicted molar refractivity (Wildman–Crippen MR) is 261 cm³/mol. The number of halogens is 2. The number of aromatic amines is 1. The van der Waals surface area contributed by atoms with Gasteiger partial charge in [0.25, 0.3) is 0 Å². The van der Waals surface area contributed by atoms with Gasteiger partial charge in [-0.3, -0.25) is 4.79 Å². The molecule has 376 valence electrons. The fourth-order valence-electron chi connectivity index (χ4n) is 8.75. The number of hydrogen-bond donors (Lipinski definition) is 2. The van der Waals surface area contributed by atoms with Crippen molar-refractivity contribution in [2.45, 2.75) is 166 Å². The fraction of sp³-hybridized carbons (Fsp3) is 0.760. The Balaban J connectivity index is 0.000000193. The minimum Gasteiger partial charge on any atom is -0.474 e. The van der Waals surface area contributed by atoms with Crippen molar-refractivity contribution in [2.75, 3.05) is 52.6 Å². The van der Waals surface area contributed by atoms with Gasteiger partial charge in [-0.05, 0) is 173 Å². The van der Waals surface area contributed by atoms with Crippen molar-refractivity contribution in [1.82, 2.24) is 19.8 Å². The molecule has 2 aromatic heterocycles. The Morgan fingerprint density at radius 3 is 1.39 bits per heavy atom. The summed E-state index contributed by atoms with van der Waals surface area (Å²) in [5.41, 5.74) is -0.955. The van der Waals surface area contributed by atoms with Crippen LogP contribution in [0.15, 0.2) is 50.4 Å². The third kappa shape index (κ3) is 19.1. The van der Waals surface area contributed by atoms with Crippen LogP contribution >= 0.6 is 31.9 Å². The van der Waals surface area contributed by atoms with Crippen molar-refractivity contribution in [1.29, 1.82) is 0 Å². The van der Waals surface area contributed by atoms with Crippen molar-refractivity contribution in [3.05, 3.63) is 56.0 Å². The first-order valence-corrected chi connectivity index (χ1v) is 26.1. The first kappa shape index (κ1) is 53.5. The number of aliphatic hydroxyl groups is 1. The molecule has 0 radical (unpaired) electrons. The number of pyridine rings is 2. The zero-order chi connectivity index (χ0) is 48.1. The number of ether oxygens (including phenoxy) is 7. The van der Waals surface area contributed by atoms with Gasteiger partial charge in [-0.15, -0.1) is 0 Å². The molecular formula is C50H76Br2N4O11. The van der Waals surface area contributed by atoms with E-state index in [1.807, 2.05) is 53.7 Å². The van der Waals surface area contributed by atoms with Gasteiger partial charge in [0.2, 0.25) is 11.4 Å². The van der Waals surface area contributed by atoms with Gasteiger partial charge in [-0.25, -0.2) is 14.6 Å². The highest BCUT2D eigenvalue weighted by Gasteiger charge is 2.38. The van der Waals surface area contributed by atoms with Gasteiger partial charge in [0, 0.05) is 72.7 Å². The zero-order valence-corrected chi connectivity index (χ0v) is 43.7. The maximum atomic E-state index is 11.9. The molecule has 2 aromatic rings. The standard InChI is InChI=1S/C25H37BrN2O5.C20H35NO5.C5H4BrNO/c1-25(2,3)33-24(29)28-15-22(16-28)31-9-7-18-10-17(11-18)6-8-30-20-12-21(13-20)32-23-5-4-19(26)14-27-23;1-20(2,3)26-19(23)21-12-18(13-21)25-7-5-15-8-14(9-15)4-6-24-17-10-16(22)11-17;6-4-1-2-5(8)7-3-4/h4-5,14,17-18,20-22H,6-13,15-16H2,1-3H3;14-18,22H,4-13H2,1-3H3;1-3H,(H,7,8). The van der Waals surface area contributed by atoms with E-state index in [1.165, 1.54) is 31.7 Å². The monoisotopic (exact) mass is 1070 g/mol. The quantitative estimate of drug-likeness (QED) is 0.145. The van der Waals surface area contributed by atoms with Crippen LogP contribution in [0.3, 0.4) is 0 Å². The number of hydrogen-bond acceptors (Lipinski definition) is 12. The van der Waals surface area contributed by atoms with Crippen LogP contribution in [0.4, 0.5) is 9.59 Å². The topological polar surface area (TPSA) is 171 Å². The maximum Gasteiger partial charge on any atom is 0.410 e. The van der Waals surface area contributed by atoms with Gasteiger partial charge in [-0.1, -0.05) is 0 Å². The van der Waals surface area contributed by atoms with E-state index in [-0.39, 0.29) is 42.2 Å². The molecule has 0 unspecified atom stereocenters. The Morgan fingerprint density at radius 1 is 0.612 bits per heavy atom. The second kappa shape index (κ2) is 25.4. The lowest BCUT2D eigenvalue weighted by atomic mass is 9.72. The molecule has 4 heterocycles. The smallest absolute Gasteiger partial charge is 0.410 e. The number of likely N-dealkylation sites (tertiary alicyclic amines) is 2. The third-order valence-electron chi connectivity index (χ3n) is 13.0. The number of aliphatic hydroxyl groups excluding tert-OH is 1. The van der Waals surface area contributed by atoms with Gasteiger partial charge < -0.3 is 53.0 Å². The molecule has 0 bridgehead atoms. The van der Waals surface area contributed by atoms with Crippen molar-refractivity contribution >= 4 is 44.0 Å². The molecule has 15 nitrogen and oxygen atoms in total. The summed E-state index contributed by atoms with van der Waals surface area (Å²) >= 11 is 6.56. The van der Waals surface area contributed by atoms with E-state index in [2.05, 4.69) is 41.8 Å². The number of nitrogens with zero attached hydrogens (tertiary/aromatic N) is 3. The minimum absolute atomic E-state index is 0.0757. The molecule has 0 atom stereocenters. The Labute approximate surface area is 414 Å². The molecule has 6 fully saturated rings. The second-order valence-corrected chi connectivity index (χ2v) is 23.2. The van der Waals surface area contributed by atoms with Gasteiger partial charge >= 0.3 is 12.2 Å². The molecule has 4 saturated carbocycles. The van der Waals surface area contributed by atoms with Gasteiger partial charge in [0.15, 0.2) is 0 Å². The van der Waals surface area contributed by atoms with E-state index in [9.17, 15) is 19.5 Å². The normalized spacial score (nSPS) is 26.9. The summed E-state index contributed by atoms with van der Waals surface area (Å²) < 4.78 is 42.0. The first-order valence-electron chi connectivity index (χ1n) is 24.5. The molecule has 2 amide bonds. The second-order valence-electron chi connectivity index (χ2n) is 21.3. The molecule has 2 aliphatic heterocycles. The molecule has 2 N–H and O–H groups in total. The van der Waals surface area contributed by atoms with E-state index < -0.39 is 11.2 Å². The number of H-pyrrole nitrogens is 1. The summed E-state index contributed by atoms with van der Waals surface area (Å²) in [6.45, 7) is 17.2. The molecule has 0 aromatic carbocycles. The lowest BCUT2D eigenvalue weighted by Gasteiger charge is -2.40. The average Bonchev–Trinajstić information content (AvgIpc) is 3.15. The van der Waals surface area contributed by atoms with Crippen molar-refractivity contribution < 1.29 is 47.9 Å². The summed E-state index contributed by atoms with van der Waals surface area (Å²) in [6.07, 6.45) is 17.2. The lowest BCUT2D eigenvalue weighted by Crippen LogP contribution is -2.56. The SMILES string of the molecule is CC(C)(C)OC(=O)N1CC(OCCC2CC(CCOC3CC(O)C3)C2)C1.CC(C)(C)OC(=O)N1CC(OCCC2CC(CCOC3CC(Oc4ccc(Br)cn4)C3)C2)C1.O=c1ccc(Br)c[nH]1. The molecule has 67 heavy (non-hydrogen) atoms. The Morgan fingerprint density at radius 2 is 1.03 bits per heavy atom. The number of rotatable bonds is 18. The first-order chi connectivity index (χ1) is 31.8. The van der Waals surface area contributed by atoms with Crippen molar-refractivity contribution in [3.63, 3.8) is 0 Å². The van der Waals surface area contributed by atoms with Crippen LogP contribution in [-0.4, -0.2) is 137 Å². The van der Waals surface area contributed by atoms with Crippen molar-refractivity contribution in [2.24, 2.45) is 23.7 Å². The van der Waals surface area contributed by atoms with Crippen LogP contribution in [0, 0.1) is 23.7 Å². The van der Waals surface area contributed by atoms with Crippen LogP contribution < -0.4 is 10.3 Å². The Bertz CT molecular complexity index is 1840. The summed E-state index contributed by atoms with van der Waals surface area (Å²) in [7, 11) is 0. The van der Waals surface area contributed by atoms with Crippen LogP contribution in [0.2, 0.25) is 0 Å². The minimum atomic E-state index is -0.443. The number of nitrogens with one attached hydrogen (secondary N) is 1. The molecule has 17 heteroatoms. The van der Waals surface area contributed by atoms with Gasteiger partial charge in [-0.2, -0.15) is 0 Å². The maximum absolute atomic E-state index is 11.9. The van der Waals surface area contributed by atoms with E-state index in [0.29, 0.717) is 44.3 Å². The number of carbonyl (C=O) groups excluding carboxylic acids is 2. The number of amides is 2. The summed E-state index contributed by atoms with van der Waals surface area (Å²) in [6, 6.07) is 6.99. The molecule has 2 saturated heterocycles. The number of aromatic nitrogens is 2. The lowest BCUT2D eigenvalue weighted by molar-refractivity contribution is -0.0791. The van der Waals surface area contributed by atoms with Crippen molar-refractivity contribution in [3.8, 4) is 5.88 Å². The Kier molecular flexibility index (Phi) is 20.3. The van der Waals surface area contributed by atoms with Crippen LogP contribution in [0.5, 0.6) is 5.88 Å². The van der Waals surface area contributed by atoms with E-state index in [4.69, 9.17) is 33.2 Å². The van der Waals surface area contributed by atoms with Crippen LogP contribution in [0.25, 0.3) is 0 Å². The highest BCUT2D eigenvalue weighted by atomic mass is 79.9. The molecule has 6 aliphatic rings. The van der Waals surface area contributed by atoms with E-state index >= 15 is 0 Å². The zero-order valence-electron chi connectivity index (χ0n) is 40.5. The predicted octanol–water partition coefficient (Wildman–Crippen LogP) is 9.32. The summed E-state index contributed by atoms with van der Waals surface area (Å²) in [4.78, 5) is 44.3. The van der Waals surface area contributed by atoms with Gasteiger partial charge in [0.1, 0.15) is 17.3 Å². The van der Waals surface area contributed by atoms with Crippen LogP contribution in [-0.2, 0) is 28.4 Å². The highest BCUT2D eigenvalue weighted by Crippen LogP contribution is 2.40.